The zero-order valence-electron chi connectivity index (χ0n) is 5.89. The van der Waals surface area contributed by atoms with Crippen molar-refractivity contribution in [3.8, 4) is 0 Å². The summed E-state index contributed by atoms with van der Waals surface area (Å²) in [4.78, 5) is 0. The van der Waals surface area contributed by atoms with Crippen molar-refractivity contribution in [3.63, 3.8) is 0 Å². The van der Waals surface area contributed by atoms with Crippen molar-refractivity contribution in [1.82, 2.24) is 0 Å². The Morgan fingerprint density at radius 1 is 1.56 bits per heavy atom. The van der Waals surface area contributed by atoms with E-state index >= 15 is 0 Å². The van der Waals surface area contributed by atoms with Gasteiger partial charge in [0.15, 0.2) is 0 Å². The summed E-state index contributed by atoms with van der Waals surface area (Å²) in [6.45, 7) is 5.89. The van der Waals surface area contributed by atoms with Gasteiger partial charge in [0.05, 0.1) is 6.61 Å². The van der Waals surface area contributed by atoms with Gasteiger partial charge < -0.3 is 9.84 Å². The Morgan fingerprint density at radius 3 is 2.67 bits per heavy atom. The van der Waals surface area contributed by atoms with E-state index in [4.69, 9.17) is 9.84 Å². The maximum Gasteiger partial charge on any atom is 0.268 e. The Kier molecular flexibility index (Phi) is 5.07. The maximum atomic E-state index is 8.44. The van der Waals surface area contributed by atoms with Crippen molar-refractivity contribution in [2.45, 2.75) is 26.2 Å². The summed E-state index contributed by atoms with van der Waals surface area (Å²) in [6.07, 6.45) is 3.31. The molecule has 54 valence electrons. The fourth-order valence-electron chi connectivity index (χ4n) is 0.542. The van der Waals surface area contributed by atoms with Crippen LogP contribution in [-0.4, -0.2) is 11.7 Å². The number of aliphatic hydroxyl groups is 1. The normalized spacial score (nSPS) is 9.00. The predicted molar refractivity (Wildman–Crippen MR) is 37.2 cm³/mol. The molecule has 0 aromatic heterocycles. The van der Waals surface area contributed by atoms with E-state index in [2.05, 4.69) is 13.5 Å². The molecule has 2 nitrogen and oxygen atoms in total. The Labute approximate surface area is 56.1 Å². The van der Waals surface area contributed by atoms with Gasteiger partial charge in [-0.25, -0.2) is 0 Å². The molecule has 0 radical (unpaired) electrons. The molecular formula is C7H14O2. The van der Waals surface area contributed by atoms with Crippen LogP contribution in [0.1, 0.15) is 26.2 Å². The molecule has 0 bridgehead atoms. The van der Waals surface area contributed by atoms with Gasteiger partial charge in [-0.1, -0.05) is 19.8 Å². The minimum Gasteiger partial charge on any atom is -0.481 e. The van der Waals surface area contributed by atoms with Crippen LogP contribution in [0, 0.1) is 0 Å². The third-order valence-electron chi connectivity index (χ3n) is 1.02. The molecule has 2 heteroatoms. The predicted octanol–water partition coefficient (Wildman–Crippen LogP) is 2.22. The lowest BCUT2D eigenvalue weighted by atomic mass is 10.3. The highest BCUT2D eigenvalue weighted by molar-refractivity contribution is 4.61. The Balaban J connectivity index is 2.83. The number of rotatable bonds is 5. The molecule has 0 aliphatic carbocycles. The number of hydrogen-bond acceptors (Lipinski definition) is 2. The molecule has 9 heavy (non-hydrogen) atoms. The summed E-state index contributed by atoms with van der Waals surface area (Å²) in [5, 5.41) is 8.44. The summed E-state index contributed by atoms with van der Waals surface area (Å²) < 4.78 is 4.70. The molecule has 0 unspecified atom stereocenters. The van der Waals surface area contributed by atoms with Gasteiger partial charge in [0.2, 0.25) is 0 Å². The number of hydrogen-bond donors (Lipinski definition) is 1. The Bertz CT molecular complexity index is 79.0. The number of ether oxygens (including phenoxy) is 1. The second-order valence-electron chi connectivity index (χ2n) is 1.95. The highest BCUT2D eigenvalue weighted by Gasteiger charge is 1.87. The van der Waals surface area contributed by atoms with Crippen LogP contribution in [0.5, 0.6) is 0 Å². The van der Waals surface area contributed by atoms with Crippen molar-refractivity contribution < 1.29 is 9.84 Å². The van der Waals surface area contributed by atoms with Gasteiger partial charge in [-0.15, -0.1) is 0 Å². The first-order valence-electron chi connectivity index (χ1n) is 3.28. The van der Waals surface area contributed by atoms with Crippen LogP contribution in [0.2, 0.25) is 0 Å². The molecule has 0 atom stereocenters. The smallest absolute Gasteiger partial charge is 0.268 e. The Morgan fingerprint density at radius 2 is 2.22 bits per heavy atom. The fraction of sp³-hybridized carbons (Fsp3) is 0.714. The lowest BCUT2D eigenvalue weighted by Gasteiger charge is -2.00. The van der Waals surface area contributed by atoms with Gasteiger partial charge in [0.25, 0.3) is 5.95 Å². The third-order valence-corrected chi connectivity index (χ3v) is 1.02. The minimum atomic E-state index is -0.175. The highest BCUT2D eigenvalue weighted by atomic mass is 16.6. The molecule has 0 saturated heterocycles. The van der Waals surface area contributed by atoms with Gasteiger partial charge in [0, 0.05) is 0 Å². The summed E-state index contributed by atoms with van der Waals surface area (Å²) in [6, 6.07) is 0. The standard InChI is InChI=1S/C7H14O2/c1-3-4-5-6-9-7(2)8/h8H,2-6H2,1H3. The van der Waals surface area contributed by atoms with Gasteiger partial charge in [-0.05, 0) is 13.0 Å². The van der Waals surface area contributed by atoms with E-state index in [1.54, 1.807) is 0 Å². The summed E-state index contributed by atoms with van der Waals surface area (Å²) in [7, 11) is 0. The Hall–Kier alpha value is -0.660. The molecule has 0 saturated carbocycles. The zero-order valence-corrected chi connectivity index (χ0v) is 5.89. The van der Waals surface area contributed by atoms with Crippen LogP contribution < -0.4 is 0 Å². The number of aliphatic hydroxyl groups excluding tert-OH is 1. The molecule has 0 spiro atoms. The maximum absolute atomic E-state index is 8.44. The summed E-state index contributed by atoms with van der Waals surface area (Å²) in [5.41, 5.74) is 0. The quantitative estimate of drug-likeness (QED) is 0.456. The van der Waals surface area contributed by atoms with Gasteiger partial charge in [-0.2, -0.15) is 0 Å². The van der Waals surface area contributed by atoms with Crippen molar-refractivity contribution in [2.75, 3.05) is 6.61 Å². The van der Waals surface area contributed by atoms with Gasteiger partial charge >= 0.3 is 0 Å². The van der Waals surface area contributed by atoms with Gasteiger partial charge in [-0.3, -0.25) is 0 Å². The third kappa shape index (κ3) is 7.34. The lowest BCUT2D eigenvalue weighted by molar-refractivity contribution is 0.0929. The first-order chi connectivity index (χ1) is 4.27. The molecular weight excluding hydrogens is 116 g/mol. The van der Waals surface area contributed by atoms with Crippen molar-refractivity contribution >= 4 is 0 Å². The van der Waals surface area contributed by atoms with Gasteiger partial charge in [0.1, 0.15) is 0 Å². The van der Waals surface area contributed by atoms with E-state index in [1.165, 1.54) is 6.42 Å². The molecule has 0 aromatic rings. The second-order valence-corrected chi connectivity index (χ2v) is 1.95. The topological polar surface area (TPSA) is 29.5 Å². The average Bonchev–Trinajstić information content (AvgIpc) is 1.80. The van der Waals surface area contributed by atoms with E-state index in [-0.39, 0.29) is 5.95 Å². The van der Waals surface area contributed by atoms with Crippen LogP contribution in [-0.2, 0) is 4.74 Å². The molecule has 0 amide bonds. The van der Waals surface area contributed by atoms with Crippen molar-refractivity contribution in [2.24, 2.45) is 0 Å². The highest BCUT2D eigenvalue weighted by Crippen LogP contribution is 1.95. The van der Waals surface area contributed by atoms with E-state index in [0.717, 1.165) is 12.8 Å². The fourth-order valence-corrected chi connectivity index (χ4v) is 0.542. The molecule has 1 N–H and O–H groups in total. The zero-order chi connectivity index (χ0) is 7.11. The summed E-state index contributed by atoms with van der Waals surface area (Å²) in [5.74, 6) is -0.175. The molecule has 0 aromatic carbocycles. The van der Waals surface area contributed by atoms with E-state index in [0.29, 0.717) is 6.61 Å². The molecule has 0 aliphatic rings. The summed E-state index contributed by atoms with van der Waals surface area (Å²) >= 11 is 0. The van der Waals surface area contributed by atoms with Crippen LogP contribution in [0.15, 0.2) is 12.5 Å². The monoisotopic (exact) mass is 130 g/mol. The average molecular weight is 130 g/mol. The van der Waals surface area contributed by atoms with Crippen LogP contribution in [0.25, 0.3) is 0 Å². The largest absolute Gasteiger partial charge is 0.481 e. The van der Waals surface area contributed by atoms with Crippen LogP contribution in [0.4, 0.5) is 0 Å². The van der Waals surface area contributed by atoms with Crippen molar-refractivity contribution in [1.29, 1.82) is 0 Å². The SMILES string of the molecule is C=C(O)OCCCCC. The first kappa shape index (κ1) is 8.34. The number of unbranched alkanes of at least 4 members (excludes halogenated alkanes) is 2. The lowest BCUT2D eigenvalue weighted by Crippen LogP contribution is -1.91. The van der Waals surface area contributed by atoms with E-state index < -0.39 is 0 Å². The first-order valence-corrected chi connectivity index (χ1v) is 3.28. The molecule has 0 rings (SSSR count). The molecule has 0 heterocycles. The molecule has 0 aliphatic heterocycles. The van der Waals surface area contributed by atoms with E-state index in [1.807, 2.05) is 0 Å². The van der Waals surface area contributed by atoms with Crippen LogP contribution >= 0.6 is 0 Å². The minimum absolute atomic E-state index is 0.175. The van der Waals surface area contributed by atoms with Crippen LogP contribution in [0.3, 0.4) is 0 Å². The van der Waals surface area contributed by atoms with E-state index in [9.17, 15) is 0 Å². The second kappa shape index (κ2) is 5.48. The van der Waals surface area contributed by atoms with Crippen molar-refractivity contribution in [3.05, 3.63) is 12.5 Å². The molecule has 0 fully saturated rings.